The first kappa shape index (κ1) is 23.6. The molecule has 74 valence electrons. The second-order valence-electron chi connectivity index (χ2n) is 1.65. The Morgan fingerprint density at radius 1 is 1.23 bits per heavy atom. The Kier molecular flexibility index (Phi) is 23.2. The Balaban J connectivity index is -0.000000101. The number of hydrogen-bond donors (Lipinski definition) is 0. The van der Waals surface area contributed by atoms with Crippen LogP contribution in [0.4, 0.5) is 0 Å². The number of methoxy groups -OCH3 is 1. The van der Waals surface area contributed by atoms with E-state index in [1.165, 1.54) is 0 Å². The van der Waals surface area contributed by atoms with Gasteiger partial charge in [-0.25, -0.2) is 0 Å². The summed E-state index contributed by atoms with van der Waals surface area (Å²) in [5.74, 6) is 0.771. The van der Waals surface area contributed by atoms with Gasteiger partial charge in [-0.2, -0.15) is 0 Å². The van der Waals surface area contributed by atoms with Gasteiger partial charge in [0.05, 0.1) is 12.9 Å². The molecule has 1 aromatic carbocycles. The summed E-state index contributed by atoms with van der Waals surface area (Å²) in [4.78, 5) is 0.764. The van der Waals surface area contributed by atoms with Crippen LogP contribution in [0.2, 0.25) is 0 Å². The third kappa shape index (κ3) is 7.85. The molecular weight excluding hydrogens is 267 g/mol. The summed E-state index contributed by atoms with van der Waals surface area (Å²) >= 11 is 4.93. The van der Waals surface area contributed by atoms with Crippen molar-refractivity contribution in [3.8, 4) is 5.75 Å². The number of para-hydroxylation sites is 1. The number of rotatable bonds is 1. The Morgan fingerprint density at radius 3 is 2.00 bits per heavy atom. The van der Waals surface area contributed by atoms with E-state index in [4.69, 9.17) is 17.4 Å². The molecule has 1 aromatic rings. The van der Waals surface area contributed by atoms with Gasteiger partial charge in [0.25, 0.3) is 0 Å². The smallest absolute Gasteiger partial charge is 1.00 e. The predicted octanol–water partition coefficient (Wildman–Crippen LogP) is -1.33. The number of benzene rings is 1. The summed E-state index contributed by atoms with van der Waals surface area (Å²) in [6, 6.07) is 7.48. The Morgan fingerprint density at radius 2 is 1.69 bits per heavy atom. The molecule has 0 unspecified atom stereocenters. The van der Waals surface area contributed by atoms with Gasteiger partial charge < -0.3 is 37.2 Å². The van der Waals surface area contributed by atoms with Gasteiger partial charge in [0, 0.05) is 0 Å². The molecule has 0 fully saturated rings. The Bertz CT molecular complexity index is 213. The van der Waals surface area contributed by atoms with Crippen LogP contribution in [0.5, 0.6) is 5.75 Å². The van der Waals surface area contributed by atoms with Gasteiger partial charge in [0.2, 0.25) is 0 Å². The van der Waals surface area contributed by atoms with E-state index in [1.807, 2.05) is 24.3 Å². The van der Waals surface area contributed by atoms with E-state index in [1.54, 1.807) is 7.11 Å². The summed E-state index contributed by atoms with van der Waals surface area (Å²) in [5.41, 5.74) is 0. The molecule has 0 aliphatic rings. The van der Waals surface area contributed by atoms with Crippen LogP contribution < -0.4 is 17.1 Å². The normalized spacial score (nSPS) is 6.23. The summed E-state index contributed by atoms with van der Waals surface area (Å²) < 4.78 is 4.94. The molecule has 0 aliphatic heterocycles. The molecular formula is C8H10ClCuMgOS. The predicted molar refractivity (Wildman–Crippen MR) is 50.8 cm³/mol. The first-order valence-electron chi connectivity index (χ1n) is 2.64. The largest absolute Gasteiger partial charge is 2.00 e. The van der Waals surface area contributed by atoms with Crippen molar-refractivity contribution in [3.63, 3.8) is 0 Å². The fourth-order valence-corrected chi connectivity index (χ4v) is 0.849. The second-order valence-corrected chi connectivity index (χ2v) is 2.09. The van der Waals surface area contributed by atoms with Crippen molar-refractivity contribution in [3.05, 3.63) is 31.7 Å². The zero-order valence-corrected chi connectivity index (χ0v) is 11.4. The molecule has 0 aromatic heterocycles. The monoisotopic (exact) mass is 276 g/mol. The quantitative estimate of drug-likeness (QED) is 0.357. The van der Waals surface area contributed by atoms with Crippen LogP contribution in [0, 0.1) is 7.43 Å². The summed E-state index contributed by atoms with van der Waals surface area (Å²) in [6.45, 7) is 0. The van der Waals surface area contributed by atoms with Crippen LogP contribution in [0.25, 0.3) is 0 Å². The molecule has 13 heavy (non-hydrogen) atoms. The molecule has 0 saturated heterocycles. The average Bonchev–Trinajstić information content (AvgIpc) is 1.89. The number of hydrogen-bond acceptors (Lipinski definition) is 2. The van der Waals surface area contributed by atoms with E-state index in [2.05, 4.69) is 0 Å². The Hall–Kier alpha value is 0.816. The van der Waals surface area contributed by atoms with Crippen LogP contribution >= 0.6 is 0 Å². The molecule has 0 bridgehead atoms. The van der Waals surface area contributed by atoms with E-state index < -0.39 is 0 Å². The standard InChI is InChI=1S/C7H8OS.CH3.ClH.Cu.Mg/c1-8-6-4-2-3-5-7(6)9;;;;/h2-5,9H,1H3;1H3;1H;;/q;-1;;+1;+2/p-2. The maximum absolute atomic E-state index is 4.94. The minimum absolute atomic E-state index is 0. The first-order chi connectivity index (χ1) is 4.34. The number of halogens is 1. The molecule has 0 aliphatic carbocycles. The van der Waals surface area contributed by atoms with Gasteiger partial charge in [0.15, 0.2) is 0 Å². The minimum atomic E-state index is 0. The molecule has 0 amide bonds. The number of ether oxygens (including phenoxy) is 1. The van der Waals surface area contributed by atoms with E-state index in [0.29, 0.717) is 0 Å². The van der Waals surface area contributed by atoms with Crippen molar-refractivity contribution in [1.29, 1.82) is 0 Å². The summed E-state index contributed by atoms with van der Waals surface area (Å²) in [6.07, 6.45) is 0. The van der Waals surface area contributed by atoms with E-state index in [0.717, 1.165) is 10.6 Å². The van der Waals surface area contributed by atoms with Crippen molar-refractivity contribution in [2.24, 2.45) is 0 Å². The molecule has 0 saturated carbocycles. The van der Waals surface area contributed by atoms with Crippen LogP contribution in [0.3, 0.4) is 0 Å². The molecule has 1 nitrogen and oxygen atoms in total. The van der Waals surface area contributed by atoms with Crippen LogP contribution in [-0.4, -0.2) is 30.2 Å². The van der Waals surface area contributed by atoms with Gasteiger partial charge in [-0.15, -0.1) is 4.90 Å². The van der Waals surface area contributed by atoms with E-state index in [9.17, 15) is 0 Å². The maximum atomic E-state index is 4.94. The zero-order chi connectivity index (χ0) is 6.69. The maximum Gasteiger partial charge on any atom is 2.00 e. The van der Waals surface area contributed by atoms with Crippen LogP contribution in [0.1, 0.15) is 0 Å². The van der Waals surface area contributed by atoms with Crippen LogP contribution in [-0.2, 0) is 29.7 Å². The van der Waals surface area contributed by atoms with Gasteiger partial charge in [-0.3, -0.25) is 0 Å². The van der Waals surface area contributed by atoms with Gasteiger partial charge >= 0.3 is 40.1 Å². The van der Waals surface area contributed by atoms with Crippen molar-refractivity contribution < 1.29 is 34.2 Å². The molecule has 0 radical (unpaired) electrons. The molecule has 0 atom stereocenters. The zero-order valence-electron chi connectivity index (χ0n) is 7.51. The van der Waals surface area contributed by atoms with Crippen molar-refractivity contribution >= 4 is 35.7 Å². The minimum Gasteiger partial charge on any atom is -1.00 e. The third-order valence-corrected chi connectivity index (χ3v) is 1.41. The molecule has 0 heterocycles. The van der Waals surface area contributed by atoms with Crippen molar-refractivity contribution in [1.82, 2.24) is 0 Å². The van der Waals surface area contributed by atoms with Gasteiger partial charge in [-0.1, -0.05) is 18.2 Å². The summed E-state index contributed by atoms with van der Waals surface area (Å²) in [7, 11) is 1.62. The first-order valence-corrected chi connectivity index (χ1v) is 3.05. The fourth-order valence-electron chi connectivity index (χ4n) is 0.619. The molecule has 5 heteroatoms. The fraction of sp³-hybridized carbons (Fsp3) is 0.125. The molecule has 0 N–H and O–H groups in total. The molecule has 0 spiro atoms. The van der Waals surface area contributed by atoms with Crippen LogP contribution in [0.15, 0.2) is 29.2 Å². The molecule has 1 rings (SSSR count). The van der Waals surface area contributed by atoms with E-state index >= 15 is 0 Å². The summed E-state index contributed by atoms with van der Waals surface area (Å²) in [5, 5.41) is 0. The third-order valence-electron chi connectivity index (χ3n) is 1.07. The average molecular weight is 278 g/mol. The van der Waals surface area contributed by atoms with E-state index in [-0.39, 0.29) is 60.0 Å². The second kappa shape index (κ2) is 12.8. The van der Waals surface area contributed by atoms with Gasteiger partial charge in [-0.05, 0) is 6.07 Å². The van der Waals surface area contributed by atoms with Gasteiger partial charge in [0.1, 0.15) is 0 Å². The Labute approximate surface area is 118 Å². The topological polar surface area (TPSA) is 9.23 Å². The SMILES string of the molecule is COc1ccccc1[S-].[CH3-].[Cl-].[Cu+].[Mg+2]. The van der Waals surface area contributed by atoms with Crippen molar-refractivity contribution in [2.45, 2.75) is 4.90 Å². The van der Waals surface area contributed by atoms with Crippen molar-refractivity contribution in [2.75, 3.05) is 7.11 Å².